The molecule has 1 aromatic heterocycles. The monoisotopic (exact) mass is 247 g/mol. The number of rotatable bonds is 2. The molecule has 0 atom stereocenters. The number of hydrogen-bond donors (Lipinski definition) is 1. The van der Waals surface area contributed by atoms with Gasteiger partial charge in [0, 0.05) is 5.02 Å². The molecule has 2 rings (SSSR count). The van der Waals surface area contributed by atoms with Gasteiger partial charge in [0.1, 0.15) is 11.6 Å². The van der Waals surface area contributed by atoms with Gasteiger partial charge in [-0.25, -0.2) is 9.48 Å². The van der Waals surface area contributed by atoms with Crippen molar-refractivity contribution in [2.45, 2.75) is 0 Å². The second-order valence-corrected chi connectivity index (χ2v) is 3.65. The van der Waals surface area contributed by atoms with Crippen molar-refractivity contribution in [3.05, 3.63) is 46.7 Å². The first-order valence-corrected chi connectivity index (χ1v) is 4.98. The summed E-state index contributed by atoms with van der Waals surface area (Å²) in [5.74, 6) is -1.19. The maximum Gasteiger partial charge on any atom is 0.340 e. The predicted octanol–water partition coefficient (Wildman–Crippen LogP) is 2.10. The fraction of sp³-hybridized carbons (Fsp3) is 0. The molecule has 84 valence electrons. The Morgan fingerprint density at radius 2 is 2.29 bits per heavy atom. The number of hydrogen-bond acceptors (Lipinski definition) is 3. The maximum atomic E-state index is 10.9. The van der Waals surface area contributed by atoms with Crippen LogP contribution in [0.2, 0.25) is 5.02 Å². The van der Waals surface area contributed by atoms with Crippen LogP contribution in [0.25, 0.3) is 5.69 Å². The van der Waals surface area contributed by atoms with E-state index in [1.54, 1.807) is 24.3 Å². The van der Waals surface area contributed by atoms with Crippen molar-refractivity contribution in [1.82, 2.24) is 9.78 Å². The van der Waals surface area contributed by atoms with Crippen LogP contribution in [0, 0.1) is 11.3 Å². The minimum absolute atomic E-state index is 0.0280. The summed E-state index contributed by atoms with van der Waals surface area (Å²) in [7, 11) is 0. The fourth-order valence-electron chi connectivity index (χ4n) is 1.42. The molecule has 17 heavy (non-hydrogen) atoms. The lowest BCUT2D eigenvalue weighted by Crippen LogP contribution is -2.03. The summed E-state index contributed by atoms with van der Waals surface area (Å²) >= 11 is 5.82. The van der Waals surface area contributed by atoms with E-state index in [0.29, 0.717) is 10.7 Å². The molecule has 0 bridgehead atoms. The van der Waals surface area contributed by atoms with Gasteiger partial charge in [0.15, 0.2) is 5.69 Å². The van der Waals surface area contributed by atoms with Crippen molar-refractivity contribution >= 4 is 17.6 Å². The molecule has 0 saturated heterocycles. The molecule has 0 radical (unpaired) electrons. The highest BCUT2D eigenvalue weighted by Gasteiger charge is 2.17. The highest BCUT2D eigenvalue weighted by atomic mass is 35.5. The number of carboxylic acids is 1. The molecule has 0 aliphatic heterocycles. The normalized spacial score (nSPS) is 9.88. The van der Waals surface area contributed by atoms with Crippen LogP contribution in [0.15, 0.2) is 30.5 Å². The molecule has 0 spiro atoms. The topological polar surface area (TPSA) is 78.9 Å². The highest BCUT2D eigenvalue weighted by molar-refractivity contribution is 6.30. The number of nitrogens with zero attached hydrogens (tertiary/aromatic N) is 3. The Bertz CT molecular complexity index is 628. The quantitative estimate of drug-likeness (QED) is 0.881. The molecule has 0 aliphatic rings. The lowest BCUT2D eigenvalue weighted by molar-refractivity contribution is 0.0696. The molecular formula is C11H6ClN3O2. The third-order valence-electron chi connectivity index (χ3n) is 2.16. The number of aromatic carboxylic acids is 1. The van der Waals surface area contributed by atoms with E-state index in [1.165, 1.54) is 4.68 Å². The van der Waals surface area contributed by atoms with E-state index < -0.39 is 5.97 Å². The van der Waals surface area contributed by atoms with E-state index in [2.05, 4.69) is 5.10 Å². The van der Waals surface area contributed by atoms with Gasteiger partial charge < -0.3 is 5.11 Å². The van der Waals surface area contributed by atoms with Gasteiger partial charge in [-0.2, -0.15) is 10.4 Å². The maximum absolute atomic E-state index is 10.9. The molecule has 0 unspecified atom stereocenters. The second-order valence-electron chi connectivity index (χ2n) is 3.22. The van der Waals surface area contributed by atoms with Gasteiger partial charge in [0.2, 0.25) is 0 Å². The third-order valence-corrected chi connectivity index (χ3v) is 2.39. The number of carboxylic acid groups (broad SMARTS) is 1. The third kappa shape index (κ3) is 1.98. The van der Waals surface area contributed by atoms with Crippen molar-refractivity contribution in [3.63, 3.8) is 0 Å². The molecule has 5 nitrogen and oxygen atoms in total. The highest BCUT2D eigenvalue weighted by Crippen LogP contribution is 2.17. The Balaban J connectivity index is 2.62. The van der Waals surface area contributed by atoms with E-state index in [4.69, 9.17) is 22.0 Å². The number of nitriles is 1. The number of halogens is 1. The fourth-order valence-corrected chi connectivity index (χ4v) is 1.60. The van der Waals surface area contributed by atoms with Crippen LogP contribution in [0.3, 0.4) is 0 Å². The van der Waals surface area contributed by atoms with Gasteiger partial charge in [0.05, 0.1) is 11.9 Å². The SMILES string of the molecule is N#Cc1c(C(=O)O)cnn1-c1cccc(Cl)c1. The summed E-state index contributed by atoms with van der Waals surface area (Å²) in [5.41, 5.74) is 0.383. The first-order chi connectivity index (χ1) is 8.13. The Morgan fingerprint density at radius 3 is 2.88 bits per heavy atom. The van der Waals surface area contributed by atoms with E-state index in [9.17, 15) is 4.79 Å². The Morgan fingerprint density at radius 1 is 1.53 bits per heavy atom. The average Bonchev–Trinajstić information content (AvgIpc) is 2.72. The summed E-state index contributed by atoms with van der Waals surface area (Å²) in [4.78, 5) is 10.9. The van der Waals surface area contributed by atoms with Gasteiger partial charge in [-0.15, -0.1) is 0 Å². The van der Waals surface area contributed by atoms with Crippen LogP contribution >= 0.6 is 11.6 Å². The van der Waals surface area contributed by atoms with Crippen molar-refractivity contribution < 1.29 is 9.90 Å². The molecule has 6 heteroatoms. The van der Waals surface area contributed by atoms with Gasteiger partial charge >= 0.3 is 5.97 Å². The molecule has 1 N–H and O–H groups in total. The molecule has 0 amide bonds. The van der Waals surface area contributed by atoms with Crippen LogP contribution in [-0.2, 0) is 0 Å². The predicted molar refractivity (Wildman–Crippen MR) is 60.2 cm³/mol. The summed E-state index contributed by atoms with van der Waals surface area (Å²) in [6.07, 6.45) is 1.14. The average molecular weight is 248 g/mol. The molecule has 0 saturated carbocycles. The zero-order chi connectivity index (χ0) is 12.4. The molecule has 1 heterocycles. The van der Waals surface area contributed by atoms with E-state index in [-0.39, 0.29) is 11.3 Å². The summed E-state index contributed by atoms with van der Waals surface area (Å²) in [5, 5.41) is 22.2. The summed E-state index contributed by atoms with van der Waals surface area (Å²) in [6, 6.07) is 8.48. The molecular weight excluding hydrogens is 242 g/mol. The van der Waals surface area contributed by atoms with E-state index in [0.717, 1.165) is 6.20 Å². The summed E-state index contributed by atoms with van der Waals surface area (Å²) in [6.45, 7) is 0. The van der Waals surface area contributed by atoms with Crippen molar-refractivity contribution in [1.29, 1.82) is 5.26 Å². The lowest BCUT2D eigenvalue weighted by Gasteiger charge is -2.02. The van der Waals surface area contributed by atoms with Gasteiger partial charge in [-0.1, -0.05) is 17.7 Å². The standard InChI is InChI=1S/C11H6ClN3O2/c12-7-2-1-3-8(4-7)15-10(5-13)9(6-14-15)11(16)17/h1-4,6H,(H,16,17). The number of aromatic nitrogens is 2. The van der Waals surface area contributed by atoms with Gasteiger partial charge in [-0.3, -0.25) is 0 Å². The van der Waals surface area contributed by atoms with Gasteiger partial charge in [0.25, 0.3) is 0 Å². The Kier molecular flexibility index (Phi) is 2.81. The first kappa shape index (κ1) is 11.2. The first-order valence-electron chi connectivity index (χ1n) is 4.61. The van der Waals surface area contributed by atoms with Crippen molar-refractivity contribution in [2.24, 2.45) is 0 Å². The molecule has 1 aromatic carbocycles. The Hall–Kier alpha value is -2.32. The molecule has 2 aromatic rings. The molecule has 0 fully saturated rings. The zero-order valence-electron chi connectivity index (χ0n) is 8.46. The largest absolute Gasteiger partial charge is 0.478 e. The van der Waals surface area contributed by atoms with Gasteiger partial charge in [-0.05, 0) is 18.2 Å². The van der Waals surface area contributed by atoms with Crippen molar-refractivity contribution in [2.75, 3.05) is 0 Å². The minimum Gasteiger partial charge on any atom is -0.478 e. The number of benzene rings is 1. The zero-order valence-corrected chi connectivity index (χ0v) is 9.22. The van der Waals surface area contributed by atoms with Crippen molar-refractivity contribution in [3.8, 4) is 11.8 Å². The van der Waals surface area contributed by atoms with Crippen LogP contribution in [-0.4, -0.2) is 20.9 Å². The van der Waals surface area contributed by atoms with E-state index >= 15 is 0 Å². The second kappa shape index (κ2) is 4.28. The van der Waals surface area contributed by atoms with Crippen LogP contribution < -0.4 is 0 Å². The number of carbonyl (C=O) groups is 1. The van der Waals surface area contributed by atoms with E-state index in [1.807, 2.05) is 6.07 Å². The molecule has 0 aliphatic carbocycles. The van der Waals surface area contributed by atoms with Crippen LogP contribution in [0.5, 0.6) is 0 Å². The van der Waals surface area contributed by atoms with Crippen LogP contribution in [0.4, 0.5) is 0 Å². The van der Waals surface area contributed by atoms with Crippen LogP contribution in [0.1, 0.15) is 16.1 Å². The summed E-state index contributed by atoms with van der Waals surface area (Å²) < 4.78 is 1.25. The smallest absolute Gasteiger partial charge is 0.340 e. The Labute approximate surface area is 101 Å². The lowest BCUT2D eigenvalue weighted by atomic mass is 10.2. The minimum atomic E-state index is -1.19.